The van der Waals surface area contributed by atoms with E-state index in [1.54, 1.807) is 6.92 Å². The van der Waals surface area contributed by atoms with Gasteiger partial charge in [-0.15, -0.1) is 0 Å². The molecule has 0 radical (unpaired) electrons. The Bertz CT molecular complexity index is 769. The molecule has 0 aliphatic heterocycles. The van der Waals surface area contributed by atoms with Crippen LogP contribution in [0.5, 0.6) is 0 Å². The second-order valence-corrected chi connectivity index (χ2v) is 6.94. The fourth-order valence-electron chi connectivity index (χ4n) is 2.07. The highest BCUT2D eigenvalue weighted by molar-refractivity contribution is 7.88. The molecule has 0 saturated carbocycles. The van der Waals surface area contributed by atoms with Crippen LogP contribution in [-0.2, 0) is 10.0 Å². The van der Waals surface area contributed by atoms with E-state index in [1.807, 2.05) is 30.3 Å². The Morgan fingerprint density at radius 3 is 2.57 bits per heavy atom. The number of aryl methyl sites for hydroxylation is 1. The minimum Gasteiger partial charge on any atom is -0.360 e. The average Bonchev–Trinajstić information content (AvgIpc) is 2.88. The maximum absolute atomic E-state index is 12.3. The summed E-state index contributed by atoms with van der Waals surface area (Å²) < 4.78 is 29.4. The SMILES string of the molecule is Cc1onc(-c2ccccc2)c1C(=O)NCCCNS(C)(=O)=O. The van der Waals surface area contributed by atoms with Gasteiger partial charge in [0.05, 0.1) is 6.26 Å². The topological polar surface area (TPSA) is 101 Å². The van der Waals surface area contributed by atoms with Crippen molar-refractivity contribution in [3.8, 4) is 11.3 Å². The minimum atomic E-state index is -3.21. The Morgan fingerprint density at radius 1 is 1.22 bits per heavy atom. The van der Waals surface area contributed by atoms with Crippen LogP contribution in [0.15, 0.2) is 34.9 Å². The molecule has 124 valence electrons. The lowest BCUT2D eigenvalue weighted by molar-refractivity contribution is 0.0952. The zero-order chi connectivity index (χ0) is 16.9. The summed E-state index contributed by atoms with van der Waals surface area (Å²) in [5.74, 6) is 0.151. The lowest BCUT2D eigenvalue weighted by atomic mass is 10.1. The normalized spacial score (nSPS) is 11.4. The molecular formula is C15H19N3O4S. The summed E-state index contributed by atoms with van der Waals surface area (Å²) in [5, 5.41) is 6.70. The molecule has 0 spiro atoms. The van der Waals surface area contributed by atoms with Gasteiger partial charge in [0.25, 0.3) is 5.91 Å². The smallest absolute Gasteiger partial charge is 0.257 e. The zero-order valence-corrected chi connectivity index (χ0v) is 13.8. The number of aromatic nitrogens is 1. The summed E-state index contributed by atoms with van der Waals surface area (Å²) in [6, 6.07) is 9.30. The van der Waals surface area contributed by atoms with Crippen LogP contribution < -0.4 is 10.0 Å². The third kappa shape index (κ3) is 4.90. The molecule has 1 amide bonds. The quantitative estimate of drug-likeness (QED) is 0.742. The fourth-order valence-corrected chi connectivity index (χ4v) is 2.58. The van der Waals surface area contributed by atoms with Crippen LogP contribution in [0.2, 0.25) is 0 Å². The lowest BCUT2D eigenvalue weighted by Gasteiger charge is -2.06. The predicted octanol–water partition coefficient (Wildman–Crippen LogP) is 1.32. The Hall–Kier alpha value is -2.19. The van der Waals surface area contributed by atoms with Crippen molar-refractivity contribution in [3.63, 3.8) is 0 Å². The van der Waals surface area contributed by atoms with Gasteiger partial charge < -0.3 is 9.84 Å². The van der Waals surface area contributed by atoms with Crippen LogP contribution in [0, 0.1) is 6.92 Å². The van der Waals surface area contributed by atoms with E-state index in [2.05, 4.69) is 15.2 Å². The van der Waals surface area contributed by atoms with Crippen molar-refractivity contribution in [2.45, 2.75) is 13.3 Å². The van der Waals surface area contributed by atoms with Gasteiger partial charge in [0.2, 0.25) is 10.0 Å². The largest absolute Gasteiger partial charge is 0.360 e. The van der Waals surface area contributed by atoms with Crippen molar-refractivity contribution in [2.75, 3.05) is 19.3 Å². The zero-order valence-electron chi connectivity index (χ0n) is 13.0. The van der Waals surface area contributed by atoms with Gasteiger partial charge in [-0.2, -0.15) is 0 Å². The summed E-state index contributed by atoms with van der Waals surface area (Å²) in [6.07, 6.45) is 1.59. The summed E-state index contributed by atoms with van der Waals surface area (Å²) >= 11 is 0. The van der Waals surface area contributed by atoms with Gasteiger partial charge in [0.15, 0.2) is 0 Å². The van der Waals surface area contributed by atoms with Crippen molar-refractivity contribution >= 4 is 15.9 Å². The van der Waals surface area contributed by atoms with Crippen LogP contribution in [0.4, 0.5) is 0 Å². The number of carbonyl (C=O) groups excluding carboxylic acids is 1. The third-order valence-corrected chi connectivity index (χ3v) is 3.87. The van der Waals surface area contributed by atoms with Gasteiger partial charge in [0.1, 0.15) is 17.0 Å². The minimum absolute atomic E-state index is 0.271. The number of rotatable bonds is 7. The molecule has 23 heavy (non-hydrogen) atoms. The number of amides is 1. The van der Waals surface area contributed by atoms with Gasteiger partial charge in [-0.3, -0.25) is 4.79 Å². The van der Waals surface area contributed by atoms with Gasteiger partial charge >= 0.3 is 0 Å². The van der Waals surface area contributed by atoms with E-state index in [9.17, 15) is 13.2 Å². The second kappa shape index (κ2) is 7.38. The standard InChI is InChI=1S/C15H19N3O4S/c1-11-13(14(18-22-11)12-7-4-3-5-8-12)15(19)16-9-6-10-17-23(2,20)21/h3-5,7-8,17H,6,9-10H2,1-2H3,(H,16,19). The van der Waals surface area contributed by atoms with E-state index in [1.165, 1.54) is 0 Å². The molecule has 0 aliphatic carbocycles. The summed E-state index contributed by atoms with van der Waals surface area (Å²) in [4.78, 5) is 12.3. The Balaban J connectivity index is 1.99. The number of benzene rings is 1. The first kappa shape index (κ1) is 17.2. The number of carbonyl (C=O) groups is 1. The molecule has 0 fully saturated rings. The molecular weight excluding hydrogens is 318 g/mol. The van der Waals surface area contributed by atoms with Crippen LogP contribution in [0.1, 0.15) is 22.5 Å². The highest BCUT2D eigenvalue weighted by atomic mass is 32.2. The molecule has 2 rings (SSSR count). The number of nitrogens with one attached hydrogen (secondary N) is 2. The Morgan fingerprint density at radius 2 is 1.91 bits per heavy atom. The summed E-state index contributed by atoms with van der Waals surface area (Å²) in [6.45, 7) is 2.30. The van der Waals surface area contributed by atoms with Crippen molar-refractivity contribution in [1.29, 1.82) is 0 Å². The van der Waals surface area contributed by atoms with Crippen molar-refractivity contribution in [3.05, 3.63) is 41.7 Å². The van der Waals surface area contributed by atoms with E-state index in [4.69, 9.17) is 4.52 Å². The first-order chi connectivity index (χ1) is 10.9. The average molecular weight is 337 g/mol. The van der Waals surface area contributed by atoms with E-state index in [-0.39, 0.29) is 12.5 Å². The van der Waals surface area contributed by atoms with Crippen molar-refractivity contribution in [1.82, 2.24) is 15.2 Å². The van der Waals surface area contributed by atoms with Crippen molar-refractivity contribution in [2.24, 2.45) is 0 Å². The maximum Gasteiger partial charge on any atom is 0.257 e. The van der Waals surface area contributed by atoms with Crippen LogP contribution >= 0.6 is 0 Å². The molecule has 0 aliphatic rings. The van der Waals surface area contributed by atoms with Crippen LogP contribution in [0.3, 0.4) is 0 Å². The van der Waals surface area contributed by atoms with Gasteiger partial charge in [0, 0.05) is 18.7 Å². The molecule has 0 unspecified atom stereocenters. The molecule has 0 saturated heterocycles. The van der Waals surface area contributed by atoms with E-state index >= 15 is 0 Å². The molecule has 1 aromatic carbocycles. The first-order valence-corrected chi connectivity index (χ1v) is 9.02. The lowest BCUT2D eigenvalue weighted by Crippen LogP contribution is -2.29. The van der Waals surface area contributed by atoms with Crippen LogP contribution in [0.25, 0.3) is 11.3 Å². The first-order valence-electron chi connectivity index (χ1n) is 7.13. The number of hydrogen-bond acceptors (Lipinski definition) is 5. The van der Waals surface area contributed by atoms with E-state index in [0.717, 1.165) is 11.8 Å². The Labute approximate surface area is 135 Å². The molecule has 2 N–H and O–H groups in total. The summed E-state index contributed by atoms with van der Waals surface area (Å²) in [7, 11) is -3.21. The summed E-state index contributed by atoms with van der Waals surface area (Å²) in [5.41, 5.74) is 1.69. The van der Waals surface area contributed by atoms with Gasteiger partial charge in [-0.05, 0) is 13.3 Å². The van der Waals surface area contributed by atoms with Gasteiger partial charge in [-0.1, -0.05) is 35.5 Å². The van der Waals surface area contributed by atoms with Crippen LogP contribution in [-0.4, -0.2) is 38.8 Å². The highest BCUT2D eigenvalue weighted by Crippen LogP contribution is 2.24. The van der Waals surface area contributed by atoms with E-state index in [0.29, 0.717) is 30.0 Å². The molecule has 7 nitrogen and oxygen atoms in total. The molecule has 8 heteroatoms. The number of hydrogen-bond donors (Lipinski definition) is 2. The van der Waals surface area contributed by atoms with E-state index < -0.39 is 10.0 Å². The maximum atomic E-state index is 12.3. The number of nitrogens with zero attached hydrogens (tertiary/aromatic N) is 1. The molecule has 0 bridgehead atoms. The number of sulfonamides is 1. The monoisotopic (exact) mass is 337 g/mol. The van der Waals surface area contributed by atoms with Crippen molar-refractivity contribution < 1.29 is 17.7 Å². The Kier molecular flexibility index (Phi) is 5.51. The molecule has 2 aromatic rings. The second-order valence-electron chi connectivity index (χ2n) is 5.10. The molecule has 1 heterocycles. The third-order valence-electron chi connectivity index (χ3n) is 3.14. The highest BCUT2D eigenvalue weighted by Gasteiger charge is 2.21. The molecule has 1 aromatic heterocycles. The molecule has 0 atom stereocenters. The predicted molar refractivity (Wildman–Crippen MR) is 86.5 cm³/mol. The fraction of sp³-hybridized carbons (Fsp3) is 0.333. The van der Waals surface area contributed by atoms with Gasteiger partial charge in [-0.25, -0.2) is 13.1 Å².